The maximum atomic E-state index is 12.0. The molecule has 1 rings (SSSR count). The van der Waals surface area contributed by atoms with Crippen LogP contribution >= 0.6 is 11.3 Å². The number of anilines is 1. The van der Waals surface area contributed by atoms with Crippen LogP contribution in [0.15, 0.2) is 5.38 Å². The van der Waals surface area contributed by atoms with Gasteiger partial charge in [-0.2, -0.15) is 0 Å². The smallest absolute Gasteiger partial charge is 0.228 e. The molecule has 0 radical (unpaired) electrons. The van der Waals surface area contributed by atoms with E-state index in [0.29, 0.717) is 17.4 Å². The number of nitrogens with zero attached hydrogens (tertiary/aromatic N) is 2. The average molecular weight is 298 g/mol. The molecule has 0 bridgehead atoms. The number of aromatic nitrogens is 1. The maximum absolute atomic E-state index is 12.0. The predicted octanol–water partition coefficient (Wildman–Crippen LogP) is 1.09. The molecule has 3 N–H and O–H groups in total. The summed E-state index contributed by atoms with van der Waals surface area (Å²) >= 11 is 1.32. The Kier molecular flexibility index (Phi) is 6.09. The van der Waals surface area contributed by atoms with Crippen LogP contribution in [0.5, 0.6) is 0 Å². The second-order valence-electron chi connectivity index (χ2n) is 5.05. The molecule has 0 aliphatic heterocycles. The quantitative estimate of drug-likeness (QED) is 0.822. The van der Waals surface area contributed by atoms with Crippen molar-refractivity contribution in [1.29, 1.82) is 0 Å². The van der Waals surface area contributed by atoms with Crippen molar-refractivity contribution in [3.05, 3.63) is 11.1 Å². The van der Waals surface area contributed by atoms with Crippen molar-refractivity contribution in [3.63, 3.8) is 0 Å². The lowest BCUT2D eigenvalue weighted by atomic mass is 10.2. The maximum Gasteiger partial charge on any atom is 0.228 e. The van der Waals surface area contributed by atoms with Gasteiger partial charge in [-0.1, -0.05) is 13.8 Å². The lowest BCUT2D eigenvalue weighted by Crippen LogP contribution is -2.40. The summed E-state index contributed by atoms with van der Waals surface area (Å²) < 4.78 is 0. The molecule has 0 aliphatic rings. The molecule has 20 heavy (non-hydrogen) atoms. The van der Waals surface area contributed by atoms with Crippen molar-refractivity contribution in [1.82, 2.24) is 9.88 Å². The molecule has 112 valence electrons. The number of carbonyl (C=O) groups is 2. The van der Waals surface area contributed by atoms with Gasteiger partial charge < -0.3 is 16.0 Å². The summed E-state index contributed by atoms with van der Waals surface area (Å²) in [5.41, 5.74) is 6.20. The Morgan fingerprint density at radius 3 is 2.65 bits per heavy atom. The fourth-order valence-corrected chi connectivity index (χ4v) is 2.09. The molecule has 0 saturated heterocycles. The third-order valence-electron chi connectivity index (χ3n) is 3.03. The summed E-state index contributed by atoms with van der Waals surface area (Å²) in [7, 11) is 1.73. The first kappa shape index (κ1) is 16.6. The van der Waals surface area contributed by atoms with Gasteiger partial charge >= 0.3 is 0 Å². The molecule has 1 heterocycles. The number of nitrogens with one attached hydrogen (secondary N) is 1. The number of amides is 2. The van der Waals surface area contributed by atoms with Crippen LogP contribution in [0, 0.1) is 5.92 Å². The van der Waals surface area contributed by atoms with Crippen molar-refractivity contribution in [2.24, 2.45) is 11.7 Å². The number of hydrogen-bond donors (Lipinski definition) is 2. The van der Waals surface area contributed by atoms with Gasteiger partial charge in [0.1, 0.15) is 0 Å². The van der Waals surface area contributed by atoms with Crippen molar-refractivity contribution in [2.75, 3.05) is 18.9 Å². The lowest BCUT2D eigenvalue weighted by Gasteiger charge is -2.23. The summed E-state index contributed by atoms with van der Waals surface area (Å²) in [5.74, 6) is -0.207. The van der Waals surface area contributed by atoms with E-state index in [0.717, 1.165) is 0 Å². The van der Waals surface area contributed by atoms with Gasteiger partial charge in [0.2, 0.25) is 11.8 Å². The van der Waals surface area contributed by atoms with Crippen LogP contribution in [0.25, 0.3) is 0 Å². The van der Waals surface area contributed by atoms with Crippen LogP contribution < -0.4 is 11.1 Å². The van der Waals surface area contributed by atoms with E-state index in [1.54, 1.807) is 17.3 Å². The van der Waals surface area contributed by atoms with Crippen LogP contribution in [0.2, 0.25) is 0 Å². The molecule has 1 aromatic rings. The summed E-state index contributed by atoms with van der Waals surface area (Å²) in [5, 5.41) is 5.04. The average Bonchev–Trinajstić information content (AvgIpc) is 2.83. The Bertz CT molecular complexity index is 473. The normalized spacial score (nSPS) is 12.3. The monoisotopic (exact) mass is 298 g/mol. The van der Waals surface area contributed by atoms with Gasteiger partial charge in [0, 0.05) is 30.9 Å². The zero-order chi connectivity index (χ0) is 15.3. The number of thiazole rings is 1. The Morgan fingerprint density at radius 2 is 2.10 bits per heavy atom. The van der Waals surface area contributed by atoms with E-state index < -0.39 is 0 Å². The van der Waals surface area contributed by atoms with Gasteiger partial charge in [0.15, 0.2) is 5.13 Å². The largest absolute Gasteiger partial charge is 0.341 e. The second kappa shape index (κ2) is 7.35. The Morgan fingerprint density at radius 1 is 1.45 bits per heavy atom. The zero-order valence-electron chi connectivity index (χ0n) is 12.3. The lowest BCUT2D eigenvalue weighted by molar-refractivity contribution is -0.130. The molecule has 0 aliphatic carbocycles. The van der Waals surface area contributed by atoms with Crippen molar-refractivity contribution >= 4 is 28.3 Å². The molecule has 7 heteroatoms. The molecule has 1 unspecified atom stereocenters. The molecular formula is C13H22N4O2S. The van der Waals surface area contributed by atoms with E-state index in [2.05, 4.69) is 10.3 Å². The summed E-state index contributed by atoms with van der Waals surface area (Å²) in [4.78, 5) is 29.4. The second-order valence-corrected chi connectivity index (χ2v) is 5.91. The minimum Gasteiger partial charge on any atom is -0.341 e. The predicted molar refractivity (Wildman–Crippen MR) is 80.6 cm³/mol. The van der Waals surface area contributed by atoms with Crippen molar-refractivity contribution in [2.45, 2.75) is 33.2 Å². The van der Waals surface area contributed by atoms with Crippen LogP contribution in [0.4, 0.5) is 5.13 Å². The molecule has 6 nitrogen and oxygen atoms in total. The van der Waals surface area contributed by atoms with Crippen LogP contribution in [0.1, 0.15) is 26.5 Å². The van der Waals surface area contributed by atoms with Gasteiger partial charge in [-0.15, -0.1) is 11.3 Å². The van der Waals surface area contributed by atoms with E-state index in [4.69, 9.17) is 5.73 Å². The highest BCUT2D eigenvalue weighted by molar-refractivity contribution is 7.13. The summed E-state index contributed by atoms with van der Waals surface area (Å²) in [6.45, 7) is 5.95. The molecule has 1 aromatic heterocycles. The van der Waals surface area contributed by atoms with Crippen molar-refractivity contribution < 1.29 is 9.59 Å². The fraction of sp³-hybridized carbons (Fsp3) is 0.615. The van der Waals surface area contributed by atoms with Gasteiger partial charge in [-0.3, -0.25) is 9.59 Å². The topological polar surface area (TPSA) is 88.3 Å². The summed E-state index contributed by atoms with van der Waals surface area (Å²) in [6.07, 6.45) is 0.217. The van der Waals surface area contributed by atoms with Gasteiger partial charge in [0.05, 0.1) is 12.1 Å². The SMILES string of the molecule is CC(C)C(=O)Nc1nc(CC(=O)N(C)C(C)CN)cs1. The number of rotatable bonds is 6. The fourth-order valence-electron chi connectivity index (χ4n) is 1.38. The number of nitrogens with two attached hydrogens (primary N) is 1. The van der Waals surface area contributed by atoms with Gasteiger partial charge in [-0.05, 0) is 6.92 Å². The minimum atomic E-state index is -0.0967. The number of carbonyl (C=O) groups excluding carboxylic acids is 2. The first-order valence-electron chi connectivity index (χ1n) is 6.56. The molecule has 2 amide bonds. The molecule has 0 saturated carbocycles. The van der Waals surface area contributed by atoms with Crippen LogP contribution in [-0.4, -0.2) is 41.3 Å². The third-order valence-corrected chi connectivity index (χ3v) is 3.84. The Balaban J connectivity index is 2.60. The first-order valence-corrected chi connectivity index (χ1v) is 7.44. The van der Waals surface area contributed by atoms with Crippen LogP contribution in [0.3, 0.4) is 0 Å². The van der Waals surface area contributed by atoms with E-state index in [1.165, 1.54) is 11.3 Å². The van der Waals surface area contributed by atoms with Gasteiger partial charge in [0.25, 0.3) is 0 Å². The van der Waals surface area contributed by atoms with E-state index in [1.807, 2.05) is 20.8 Å². The Labute approximate surface area is 123 Å². The highest BCUT2D eigenvalue weighted by atomic mass is 32.1. The minimum absolute atomic E-state index is 0.00116. The van der Waals surface area contributed by atoms with Crippen LogP contribution in [-0.2, 0) is 16.0 Å². The van der Waals surface area contributed by atoms with E-state index in [9.17, 15) is 9.59 Å². The Hall–Kier alpha value is -1.47. The first-order chi connectivity index (χ1) is 9.35. The summed E-state index contributed by atoms with van der Waals surface area (Å²) in [6, 6.07) is 0.00116. The molecule has 0 aromatic carbocycles. The standard InChI is InChI=1S/C13H22N4O2S/c1-8(2)12(19)16-13-15-10(7-20-13)5-11(18)17(4)9(3)6-14/h7-9H,5-6,14H2,1-4H3,(H,15,16,19). The van der Waals surface area contributed by atoms with Crippen molar-refractivity contribution in [3.8, 4) is 0 Å². The highest BCUT2D eigenvalue weighted by Gasteiger charge is 2.17. The van der Waals surface area contributed by atoms with E-state index in [-0.39, 0.29) is 30.2 Å². The molecule has 0 fully saturated rings. The molecule has 0 spiro atoms. The third kappa shape index (κ3) is 4.57. The van der Waals surface area contributed by atoms with Gasteiger partial charge in [-0.25, -0.2) is 4.98 Å². The molecule has 1 atom stereocenters. The zero-order valence-corrected chi connectivity index (χ0v) is 13.2. The number of likely N-dealkylation sites (N-methyl/N-ethyl adjacent to an activating group) is 1. The molecular weight excluding hydrogens is 276 g/mol. The number of hydrogen-bond acceptors (Lipinski definition) is 5. The highest BCUT2D eigenvalue weighted by Crippen LogP contribution is 2.17. The van der Waals surface area contributed by atoms with E-state index >= 15 is 0 Å².